The molecule has 0 N–H and O–H groups in total. The minimum atomic E-state index is -6.55. The number of hydrogen-bond donors (Lipinski definition) is 0. The average Bonchev–Trinajstić information content (AvgIpc) is 2.12. The number of ether oxygens (including phenoxy) is 1. The van der Waals surface area contributed by atoms with Gasteiger partial charge >= 0.3 is 18.0 Å². The van der Waals surface area contributed by atoms with E-state index in [1.54, 1.807) is 0 Å². The normalized spacial score (nSPS) is 19.2. The Bertz CT molecular complexity index is 250. The zero-order valence-electron chi connectivity index (χ0n) is 8.17. The van der Waals surface area contributed by atoms with Crippen molar-refractivity contribution in [1.82, 2.24) is 0 Å². The van der Waals surface area contributed by atoms with Gasteiger partial charge < -0.3 is 4.74 Å². The molecule has 104 valence electrons. The summed E-state index contributed by atoms with van der Waals surface area (Å²) in [4.78, 5) is 0. The predicted molar refractivity (Wildman–Crippen MR) is 37.4 cm³/mol. The lowest BCUT2D eigenvalue weighted by Crippen LogP contribution is -2.64. The number of hydrogen-bond acceptors (Lipinski definition) is 1. The van der Waals surface area contributed by atoms with Crippen LogP contribution in [0.15, 0.2) is 0 Å². The SMILES string of the molecule is CCOC(F)(F)C(F)(C(F)C(F)F)C(F)(F)F. The molecule has 0 aromatic carbocycles. The van der Waals surface area contributed by atoms with Crippen LogP contribution < -0.4 is 0 Å². The Hall–Kier alpha value is -0.670. The van der Waals surface area contributed by atoms with E-state index in [-0.39, 0.29) is 0 Å². The second kappa shape index (κ2) is 4.91. The average molecular weight is 278 g/mol. The van der Waals surface area contributed by atoms with Crippen molar-refractivity contribution in [2.45, 2.75) is 37.5 Å². The lowest BCUT2D eigenvalue weighted by Gasteiger charge is -2.35. The molecule has 0 aliphatic carbocycles. The molecule has 2 unspecified atom stereocenters. The maximum Gasteiger partial charge on any atom is 0.434 e. The van der Waals surface area contributed by atoms with Crippen LogP contribution in [-0.2, 0) is 4.74 Å². The van der Waals surface area contributed by atoms with Gasteiger partial charge in [0.1, 0.15) is 0 Å². The zero-order valence-corrected chi connectivity index (χ0v) is 8.17. The molecule has 0 heterocycles. The highest BCUT2D eigenvalue weighted by Gasteiger charge is 2.78. The topological polar surface area (TPSA) is 9.23 Å². The van der Waals surface area contributed by atoms with Gasteiger partial charge in [0.15, 0.2) is 0 Å². The fraction of sp³-hybridized carbons (Fsp3) is 1.00. The van der Waals surface area contributed by atoms with Crippen molar-refractivity contribution in [3.63, 3.8) is 0 Å². The molecule has 0 rings (SSSR count). The molecule has 0 fully saturated rings. The second-order valence-electron chi connectivity index (χ2n) is 2.90. The van der Waals surface area contributed by atoms with Crippen molar-refractivity contribution in [3.05, 3.63) is 0 Å². The van der Waals surface area contributed by atoms with Crippen LogP contribution in [0.5, 0.6) is 0 Å². The van der Waals surface area contributed by atoms with Crippen molar-refractivity contribution in [3.8, 4) is 0 Å². The number of rotatable bonds is 5. The summed E-state index contributed by atoms with van der Waals surface area (Å²) >= 11 is 0. The molecule has 0 amide bonds. The summed E-state index contributed by atoms with van der Waals surface area (Å²) in [5, 5.41) is 0. The summed E-state index contributed by atoms with van der Waals surface area (Å²) in [6.45, 7) is -0.356. The van der Waals surface area contributed by atoms with Crippen LogP contribution in [-0.4, -0.2) is 37.2 Å². The smallest absolute Gasteiger partial charge is 0.318 e. The van der Waals surface area contributed by atoms with E-state index in [1.807, 2.05) is 0 Å². The van der Waals surface area contributed by atoms with Gasteiger partial charge in [0.05, 0.1) is 6.61 Å². The van der Waals surface area contributed by atoms with Crippen molar-refractivity contribution in [2.24, 2.45) is 0 Å². The maximum atomic E-state index is 13.1. The molecular formula is C7H7F9O. The van der Waals surface area contributed by atoms with Gasteiger partial charge in [-0.25, -0.2) is 17.6 Å². The molecule has 2 atom stereocenters. The third-order valence-electron chi connectivity index (χ3n) is 1.76. The Morgan fingerprint density at radius 1 is 0.941 bits per heavy atom. The van der Waals surface area contributed by atoms with Crippen LogP contribution in [0.1, 0.15) is 6.92 Å². The van der Waals surface area contributed by atoms with E-state index in [2.05, 4.69) is 4.74 Å². The maximum absolute atomic E-state index is 13.1. The van der Waals surface area contributed by atoms with E-state index in [1.165, 1.54) is 0 Å². The molecule has 0 aromatic heterocycles. The molecule has 0 spiro atoms. The summed E-state index contributed by atoms with van der Waals surface area (Å²) in [6, 6.07) is 0. The Morgan fingerprint density at radius 3 is 1.59 bits per heavy atom. The fourth-order valence-corrected chi connectivity index (χ4v) is 0.942. The monoisotopic (exact) mass is 278 g/mol. The number of halogens is 9. The Balaban J connectivity index is 5.56. The minimum absolute atomic E-state index is 0.764. The summed E-state index contributed by atoms with van der Waals surface area (Å²) in [7, 11) is 0. The van der Waals surface area contributed by atoms with E-state index >= 15 is 0 Å². The van der Waals surface area contributed by atoms with Crippen LogP contribution in [0.2, 0.25) is 0 Å². The molecular weight excluding hydrogens is 271 g/mol. The van der Waals surface area contributed by atoms with Crippen LogP contribution in [0, 0.1) is 0 Å². The minimum Gasteiger partial charge on any atom is -0.318 e. The Morgan fingerprint density at radius 2 is 1.35 bits per heavy atom. The Kier molecular flexibility index (Phi) is 4.71. The molecule has 0 aromatic rings. The van der Waals surface area contributed by atoms with Gasteiger partial charge in [0, 0.05) is 0 Å². The summed E-state index contributed by atoms with van der Waals surface area (Å²) < 4.78 is 114. The molecule has 0 radical (unpaired) electrons. The van der Waals surface area contributed by atoms with E-state index in [9.17, 15) is 39.5 Å². The van der Waals surface area contributed by atoms with Gasteiger partial charge in [-0.3, -0.25) is 0 Å². The van der Waals surface area contributed by atoms with Crippen LogP contribution in [0.4, 0.5) is 39.5 Å². The molecule has 1 nitrogen and oxygen atoms in total. The highest BCUT2D eigenvalue weighted by Crippen LogP contribution is 2.50. The fourth-order valence-electron chi connectivity index (χ4n) is 0.942. The lowest BCUT2D eigenvalue weighted by atomic mass is 9.97. The third kappa shape index (κ3) is 2.78. The first-order chi connectivity index (χ1) is 7.41. The zero-order chi connectivity index (χ0) is 14.1. The van der Waals surface area contributed by atoms with Crippen molar-refractivity contribution < 1.29 is 44.3 Å². The summed E-state index contributed by atoms with van der Waals surface area (Å²) in [6.07, 6.45) is -21.6. The van der Waals surface area contributed by atoms with Gasteiger partial charge in [0.2, 0.25) is 6.17 Å². The van der Waals surface area contributed by atoms with Crippen molar-refractivity contribution in [1.29, 1.82) is 0 Å². The van der Waals surface area contributed by atoms with Crippen molar-refractivity contribution >= 4 is 0 Å². The highest BCUT2D eigenvalue weighted by molar-refractivity contribution is 5.02. The van der Waals surface area contributed by atoms with Gasteiger partial charge in [-0.15, -0.1) is 0 Å². The van der Waals surface area contributed by atoms with Crippen LogP contribution >= 0.6 is 0 Å². The van der Waals surface area contributed by atoms with Gasteiger partial charge in [-0.1, -0.05) is 0 Å². The first kappa shape index (κ1) is 16.3. The van der Waals surface area contributed by atoms with E-state index < -0.39 is 37.2 Å². The summed E-state index contributed by atoms with van der Waals surface area (Å²) in [5.74, 6) is 0. The predicted octanol–water partition coefficient (Wildman–Crippen LogP) is 3.49. The molecule has 10 heteroatoms. The van der Waals surface area contributed by atoms with E-state index in [4.69, 9.17) is 0 Å². The largest absolute Gasteiger partial charge is 0.434 e. The molecule has 0 bridgehead atoms. The van der Waals surface area contributed by atoms with Crippen molar-refractivity contribution in [2.75, 3.05) is 6.61 Å². The second-order valence-corrected chi connectivity index (χ2v) is 2.90. The number of alkyl halides is 9. The lowest BCUT2D eigenvalue weighted by molar-refractivity contribution is -0.401. The van der Waals surface area contributed by atoms with E-state index in [0.29, 0.717) is 0 Å². The van der Waals surface area contributed by atoms with Gasteiger partial charge in [0.25, 0.3) is 6.43 Å². The molecule has 0 saturated heterocycles. The van der Waals surface area contributed by atoms with Gasteiger partial charge in [-0.05, 0) is 6.92 Å². The quantitative estimate of drug-likeness (QED) is 0.699. The van der Waals surface area contributed by atoms with Gasteiger partial charge in [-0.2, -0.15) is 22.0 Å². The summed E-state index contributed by atoms with van der Waals surface area (Å²) in [5.41, 5.74) is -6.11. The van der Waals surface area contributed by atoms with Crippen LogP contribution in [0.25, 0.3) is 0 Å². The molecule has 0 saturated carbocycles. The first-order valence-electron chi connectivity index (χ1n) is 4.11. The molecule has 0 aliphatic rings. The third-order valence-corrected chi connectivity index (χ3v) is 1.76. The van der Waals surface area contributed by atoms with E-state index in [0.717, 1.165) is 6.92 Å². The first-order valence-corrected chi connectivity index (χ1v) is 4.11. The molecule has 0 aliphatic heterocycles. The van der Waals surface area contributed by atoms with Crippen LogP contribution in [0.3, 0.4) is 0 Å². The Labute approximate surface area is 89.5 Å². The highest BCUT2D eigenvalue weighted by atomic mass is 19.4. The standard InChI is InChI=1S/C7H7F9O/c1-2-17-7(15,16)5(11,6(12,13)14)3(8)4(9)10/h3-4H,2H2,1H3. The molecule has 17 heavy (non-hydrogen) atoms.